The number of carbonyl (C=O) groups is 1. The van der Waals surface area contributed by atoms with E-state index in [2.05, 4.69) is 9.36 Å². The van der Waals surface area contributed by atoms with Gasteiger partial charge in [0.05, 0.1) is 5.41 Å². The number of hydrogen-bond donors (Lipinski definition) is 2. The van der Waals surface area contributed by atoms with Crippen LogP contribution in [0.5, 0.6) is 0 Å². The summed E-state index contributed by atoms with van der Waals surface area (Å²) in [5.41, 5.74) is 10.3. The summed E-state index contributed by atoms with van der Waals surface area (Å²) >= 11 is 1.25. The molecule has 0 bridgehead atoms. The molecule has 1 aromatic rings. The summed E-state index contributed by atoms with van der Waals surface area (Å²) in [6.07, 6.45) is 0.752. The lowest BCUT2D eigenvalue weighted by Gasteiger charge is -2.19. The van der Waals surface area contributed by atoms with E-state index in [0.29, 0.717) is 6.54 Å². The van der Waals surface area contributed by atoms with Crippen molar-refractivity contribution in [2.45, 2.75) is 13.3 Å². The molecular formula is C8H13N5OS. The van der Waals surface area contributed by atoms with Crippen LogP contribution in [0.4, 0.5) is 11.1 Å². The molecule has 1 aliphatic heterocycles. The summed E-state index contributed by atoms with van der Waals surface area (Å²) < 4.78 is 3.90. The van der Waals surface area contributed by atoms with Crippen molar-refractivity contribution in [2.24, 2.45) is 11.1 Å². The number of carbonyl (C=O) groups excluding carboxylic acids is 1. The Bertz CT molecular complexity index is 392. The monoisotopic (exact) mass is 227 g/mol. The number of aromatic nitrogens is 2. The fourth-order valence-electron chi connectivity index (χ4n) is 1.68. The minimum absolute atomic E-state index is 0.262. The third-order valence-electron chi connectivity index (χ3n) is 2.77. The molecular weight excluding hydrogens is 214 g/mol. The van der Waals surface area contributed by atoms with Gasteiger partial charge in [0.1, 0.15) is 0 Å². The normalized spacial score (nSPS) is 25.8. The first-order valence-corrected chi connectivity index (χ1v) is 5.43. The van der Waals surface area contributed by atoms with Crippen molar-refractivity contribution in [2.75, 3.05) is 23.7 Å². The highest BCUT2D eigenvalue weighted by Crippen LogP contribution is 2.33. The smallest absolute Gasteiger partial charge is 0.233 e. The molecule has 82 valence electrons. The predicted molar refractivity (Wildman–Crippen MR) is 58.5 cm³/mol. The number of nitrogen functional groups attached to an aromatic ring is 1. The number of rotatable bonds is 2. The molecule has 6 nitrogen and oxygen atoms in total. The van der Waals surface area contributed by atoms with Crippen molar-refractivity contribution >= 4 is 28.5 Å². The van der Waals surface area contributed by atoms with Crippen molar-refractivity contribution in [1.29, 1.82) is 0 Å². The highest BCUT2D eigenvalue weighted by atomic mass is 32.1. The van der Waals surface area contributed by atoms with Crippen LogP contribution in [0.3, 0.4) is 0 Å². The van der Waals surface area contributed by atoms with Crippen molar-refractivity contribution < 1.29 is 4.79 Å². The van der Waals surface area contributed by atoms with Gasteiger partial charge in [-0.2, -0.15) is 9.36 Å². The van der Waals surface area contributed by atoms with E-state index in [1.165, 1.54) is 11.5 Å². The zero-order chi connectivity index (χ0) is 11.1. The Morgan fingerprint density at radius 1 is 1.67 bits per heavy atom. The first kappa shape index (κ1) is 10.2. The molecule has 7 heteroatoms. The van der Waals surface area contributed by atoms with Gasteiger partial charge in [-0.25, -0.2) is 0 Å². The fourth-order valence-corrected chi connectivity index (χ4v) is 2.30. The Morgan fingerprint density at radius 3 is 2.87 bits per heavy atom. The van der Waals surface area contributed by atoms with E-state index >= 15 is 0 Å². The van der Waals surface area contributed by atoms with Crippen molar-refractivity contribution in [3.05, 3.63) is 0 Å². The maximum Gasteiger partial charge on any atom is 0.233 e. The third-order valence-corrected chi connectivity index (χ3v) is 3.56. The van der Waals surface area contributed by atoms with Gasteiger partial charge in [0.25, 0.3) is 0 Å². The molecule has 2 rings (SSSR count). The molecule has 0 aliphatic carbocycles. The van der Waals surface area contributed by atoms with Crippen LogP contribution in [-0.2, 0) is 4.79 Å². The van der Waals surface area contributed by atoms with Crippen molar-refractivity contribution in [1.82, 2.24) is 9.36 Å². The molecule has 0 radical (unpaired) electrons. The van der Waals surface area contributed by atoms with Crippen molar-refractivity contribution in [3.8, 4) is 0 Å². The second-order valence-electron chi connectivity index (χ2n) is 4.03. The molecule has 1 saturated heterocycles. The van der Waals surface area contributed by atoms with Gasteiger partial charge in [-0.1, -0.05) is 0 Å². The molecule has 0 spiro atoms. The van der Waals surface area contributed by atoms with E-state index < -0.39 is 5.41 Å². The molecule has 1 aromatic heterocycles. The number of nitrogens with two attached hydrogens (primary N) is 2. The van der Waals surface area contributed by atoms with E-state index in [4.69, 9.17) is 11.5 Å². The van der Waals surface area contributed by atoms with Crippen LogP contribution >= 0.6 is 11.5 Å². The summed E-state index contributed by atoms with van der Waals surface area (Å²) in [5, 5.41) is 0.762. The number of anilines is 2. The van der Waals surface area contributed by atoms with E-state index in [9.17, 15) is 4.79 Å². The fraction of sp³-hybridized carbons (Fsp3) is 0.625. The van der Waals surface area contributed by atoms with Gasteiger partial charge in [0, 0.05) is 24.6 Å². The lowest BCUT2D eigenvalue weighted by molar-refractivity contribution is -0.125. The topological polar surface area (TPSA) is 98.1 Å². The molecule has 1 aliphatic rings. The van der Waals surface area contributed by atoms with Crippen molar-refractivity contribution in [3.63, 3.8) is 0 Å². The molecule has 1 unspecified atom stereocenters. The summed E-state index contributed by atoms with van der Waals surface area (Å²) in [4.78, 5) is 17.3. The zero-order valence-corrected chi connectivity index (χ0v) is 9.25. The first-order valence-electron chi connectivity index (χ1n) is 4.65. The SMILES string of the molecule is CC1(C(N)=O)CCN(c2nc(N)ns2)C1. The van der Waals surface area contributed by atoms with Gasteiger partial charge < -0.3 is 16.4 Å². The second kappa shape index (κ2) is 3.34. The van der Waals surface area contributed by atoms with Crippen LogP contribution in [-0.4, -0.2) is 28.4 Å². The average molecular weight is 227 g/mol. The van der Waals surface area contributed by atoms with Gasteiger partial charge in [-0.15, -0.1) is 0 Å². The van der Waals surface area contributed by atoms with Gasteiger partial charge in [0.15, 0.2) is 0 Å². The quantitative estimate of drug-likeness (QED) is 0.730. The summed E-state index contributed by atoms with van der Waals surface area (Å²) in [6, 6.07) is 0. The first-order chi connectivity index (χ1) is 7.01. The molecule has 0 saturated carbocycles. The molecule has 4 N–H and O–H groups in total. The molecule has 1 fully saturated rings. The molecule has 2 heterocycles. The largest absolute Gasteiger partial charge is 0.369 e. The highest BCUT2D eigenvalue weighted by Gasteiger charge is 2.39. The van der Waals surface area contributed by atoms with Crippen LogP contribution < -0.4 is 16.4 Å². The number of primary amides is 1. The summed E-state index contributed by atoms with van der Waals surface area (Å²) in [5.74, 6) is 0.0187. The number of nitrogens with zero attached hydrogens (tertiary/aromatic N) is 3. The number of hydrogen-bond acceptors (Lipinski definition) is 6. The predicted octanol–water partition coefficient (Wildman–Crippen LogP) is -0.178. The van der Waals surface area contributed by atoms with Gasteiger partial charge in [0.2, 0.25) is 17.0 Å². The summed E-state index contributed by atoms with van der Waals surface area (Å²) in [7, 11) is 0. The Kier molecular flexibility index (Phi) is 2.26. The molecule has 0 aromatic carbocycles. The Morgan fingerprint density at radius 2 is 2.40 bits per heavy atom. The Labute approximate surface area is 91.4 Å². The van der Waals surface area contributed by atoms with E-state index in [0.717, 1.165) is 18.1 Å². The maximum atomic E-state index is 11.2. The lowest BCUT2D eigenvalue weighted by Crippen LogP contribution is -2.37. The standard InChI is InChI=1S/C8H13N5OS/c1-8(5(9)14)2-3-13(4-8)7-11-6(10)12-15-7/h2-4H2,1H3,(H2,9,14)(H2,10,12). The molecule has 1 amide bonds. The van der Waals surface area contributed by atoms with Crippen LogP contribution in [0.25, 0.3) is 0 Å². The van der Waals surface area contributed by atoms with Crippen LogP contribution in [0.2, 0.25) is 0 Å². The minimum Gasteiger partial charge on any atom is -0.369 e. The van der Waals surface area contributed by atoms with E-state index in [-0.39, 0.29) is 11.9 Å². The van der Waals surface area contributed by atoms with E-state index in [1.54, 1.807) is 0 Å². The van der Waals surface area contributed by atoms with Crippen LogP contribution in [0.15, 0.2) is 0 Å². The average Bonchev–Trinajstić information content (AvgIpc) is 2.73. The number of amides is 1. The van der Waals surface area contributed by atoms with Gasteiger partial charge in [-0.05, 0) is 13.3 Å². The second-order valence-corrected chi connectivity index (χ2v) is 4.76. The molecule has 1 atom stereocenters. The Hall–Kier alpha value is -1.37. The van der Waals surface area contributed by atoms with Crippen LogP contribution in [0.1, 0.15) is 13.3 Å². The zero-order valence-electron chi connectivity index (χ0n) is 8.43. The maximum absolute atomic E-state index is 11.2. The van der Waals surface area contributed by atoms with E-state index in [1.807, 2.05) is 11.8 Å². The lowest BCUT2D eigenvalue weighted by atomic mass is 9.89. The highest BCUT2D eigenvalue weighted by molar-refractivity contribution is 7.09. The molecule has 15 heavy (non-hydrogen) atoms. The van der Waals surface area contributed by atoms with Crippen LogP contribution in [0, 0.1) is 5.41 Å². The summed E-state index contributed by atoms with van der Waals surface area (Å²) in [6.45, 7) is 3.24. The minimum atomic E-state index is -0.458. The Balaban J connectivity index is 2.14. The third kappa shape index (κ3) is 1.74. The van der Waals surface area contributed by atoms with Gasteiger partial charge >= 0.3 is 0 Å². The van der Waals surface area contributed by atoms with Gasteiger partial charge in [-0.3, -0.25) is 4.79 Å².